The summed E-state index contributed by atoms with van der Waals surface area (Å²) in [6.45, 7) is 6.20. The van der Waals surface area contributed by atoms with Crippen LogP contribution in [0.4, 0.5) is 0 Å². The Balaban J connectivity index is 0.000000561. The summed E-state index contributed by atoms with van der Waals surface area (Å²) < 4.78 is 0. The van der Waals surface area contributed by atoms with E-state index >= 15 is 0 Å². The maximum Gasteiger partial charge on any atom is 0.0108 e. The van der Waals surface area contributed by atoms with Gasteiger partial charge in [-0.3, -0.25) is 0 Å². The standard InChI is InChI=1S/C10H18.CH3Cl/c1-9(2)10-7-5-3-4-6-8-10;1-2/h10H,1,3-8H2,2H3;1H3. The predicted octanol–water partition coefficient (Wildman–Crippen LogP) is 4.39. The van der Waals surface area contributed by atoms with Crippen molar-refractivity contribution in [2.24, 2.45) is 5.92 Å². The second-order valence-corrected chi connectivity index (χ2v) is 3.53. The molecule has 12 heavy (non-hydrogen) atoms. The first-order chi connectivity index (χ1) is 5.80. The molecule has 0 amide bonds. The fourth-order valence-corrected chi connectivity index (χ4v) is 1.77. The van der Waals surface area contributed by atoms with Crippen LogP contribution < -0.4 is 0 Å². The number of allylic oxidation sites excluding steroid dienone is 1. The van der Waals surface area contributed by atoms with Crippen LogP contribution in [0.2, 0.25) is 0 Å². The number of rotatable bonds is 1. The summed E-state index contributed by atoms with van der Waals surface area (Å²) in [6, 6.07) is 0. The van der Waals surface area contributed by atoms with Crippen molar-refractivity contribution in [1.29, 1.82) is 0 Å². The molecule has 0 N–H and O–H groups in total. The van der Waals surface area contributed by atoms with Gasteiger partial charge in [0.05, 0.1) is 0 Å². The molecule has 0 aliphatic heterocycles. The van der Waals surface area contributed by atoms with E-state index in [9.17, 15) is 0 Å². The van der Waals surface area contributed by atoms with E-state index in [1.165, 1.54) is 50.5 Å². The molecule has 0 radical (unpaired) electrons. The van der Waals surface area contributed by atoms with Crippen molar-refractivity contribution in [2.75, 3.05) is 6.38 Å². The number of alkyl halides is 1. The molecule has 1 aliphatic rings. The Morgan fingerprint density at radius 1 is 1.08 bits per heavy atom. The fraction of sp³-hybridized carbons (Fsp3) is 0.818. The lowest BCUT2D eigenvalue weighted by atomic mass is 9.94. The quantitative estimate of drug-likeness (QED) is 0.325. The molecule has 0 nitrogen and oxygen atoms in total. The molecule has 0 heterocycles. The van der Waals surface area contributed by atoms with Crippen LogP contribution in [0.25, 0.3) is 0 Å². The highest BCUT2D eigenvalue weighted by atomic mass is 35.5. The van der Waals surface area contributed by atoms with Gasteiger partial charge < -0.3 is 0 Å². The predicted molar refractivity (Wildman–Crippen MR) is 57.8 cm³/mol. The summed E-state index contributed by atoms with van der Waals surface area (Å²) in [5.41, 5.74) is 1.40. The molecule has 1 saturated carbocycles. The highest BCUT2D eigenvalue weighted by molar-refractivity contribution is 6.15. The molecular formula is C11H21Cl. The first-order valence-corrected chi connectivity index (χ1v) is 5.59. The Morgan fingerprint density at radius 3 is 1.83 bits per heavy atom. The van der Waals surface area contributed by atoms with Gasteiger partial charge in [-0.05, 0) is 25.7 Å². The van der Waals surface area contributed by atoms with Crippen LogP contribution in [0.15, 0.2) is 12.2 Å². The molecule has 0 aromatic carbocycles. The van der Waals surface area contributed by atoms with Crippen molar-refractivity contribution >= 4 is 11.6 Å². The molecule has 1 heteroatoms. The molecule has 0 saturated heterocycles. The van der Waals surface area contributed by atoms with Crippen LogP contribution in [-0.4, -0.2) is 6.38 Å². The highest BCUT2D eigenvalue weighted by Gasteiger charge is 2.11. The topological polar surface area (TPSA) is 0 Å². The van der Waals surface area contributed by atoms with Crippen molar-refractivity contribution in [3.05, 3.63) is 12.2 Å². The van der Waals surface area contributed by atoms with Gasteiger partial charge in [0, 0.05) is 6.38 Å². The minimum atomic E-state index is 0.850. The van der Waals surface area contributed by atoms with E-state index in [1.54, 1.807) is 0 Å². The molecule has 0 bridgehead atoms. The zero-order valence-corrected chi connectivity index (χ0v) is 9.16. The highest BCUT2D eigenvalue weighted by Crippen LogP contribution is 2.27. The number of hydrogen-bond acceptors (Lipinski definition) is 0. The van der Waals surface area contributed by atoms with E-state index < -0.39 is 0 Å². The molecule has 0 aromatic rings. The third-order valence-electron chi connectivity index (χ3n) is 2.55. The lowest BCUT2D eigenvalue weighted by molar-refractivity contribution is 0.532. The van der Waals surface area contributed by atoms with Gasteiger partial charge in [-0.15, -0.1) is 11.6 Å². The lowest BCUT2D eigenvalue weighted by Crippen LogP contribution is -1.98. The zero-order chi connectivity index (χ0) is 9.40. The van der Waals surface area contributed by atoms with E-state index in [-0.39, 0.29) is 0 Å². The summed E-state index contributed by atoms with van der Waals surface area (Å²) >= 11 is 4.64. The molecule has 72 valence electrons. The molecule has 0 atom stereocenters. The number of hydrogen-bond donors (Lipinski definition) is 0. The average molecular weight is 189 g/mol. The molecular weight excluding hydrogens is 168 g/mol. The van der Waals surface area contributed by atoms with E-state index in [1.807, 2.05) is 0 Å². The van der Waals surface area contributed by atoms with Crippen LogP contribution in [0.1, 0.15) is 45.4 Å². The summed E-state index contributed by atoms with van der Waals surface area (Å²) in [5.74, 6) is 0.850. The third-order valence-corrected chi connectivity index (χ3v) is 2.55. The van der Waals surface area contributed by atoms with Gasteiger partial charge in [0.15, 0.2) is 0 Å². The van der Waals surface area contributed by atoms with Crippen molar-refractivity contribution in [2.45, 2.75) is 45.4 Å². The van der Waals surface area contributed by atoms with Gasteiger partial charge in [-0.25, -0.2) is 0 Å². The summed E-state index contributed by atoms with van der Waals surface area (Å²) in [6.07, 6.45) is 10.0. The molecule has 0 spiro atoms. The summed E-state index contributed by atoms with van der Waals surface area (Å²) in [4.78, 5) is 0. The normalized spacial score (nSPS) is 18.9. The maximum atomic E-state index is 4.64. The molecule has 0 unspecified atom stereocenters. The second kappa shape index (κ2) is 7.67. The van der Waals surface area contributed by atoms with Crippen LogP contribution in [-0.2, 0) is 0 Å². The van der Waals surface area contributed by atoms with E-state index in [2.05, 4.69) is 25.1 Å². The van der Waals surface area contributed by atoms with Gasteiger partial charge in [0.2, 0.25) is 0 Å². The molecule has 1 fully saturated rings. The Labute approximate surface area is 82.0 Å². The van der Waals surface area contributed by atoms with Gasteiger partial charge in [-0.1, -0.05) is 37.8 Å². The van der Waals surface area contributed by atoms with Crippen molar-refractivity contribution in [1.82, 2.24) is 0 Å². The van der Waals surface area contributed by atoms with Crippen molar-refractivity contribution in [3.63, 3.8) is 0 Å². The minimum absolute atomic E-state index is 0.850. The van der Waals surface area contributed by atoms with E-state index in [4.69, 9.17) is 0 Å². The third kappa shape index (κ3) is 4.82. The maximum absolute atomic E-state index is 4.64. The van der Waals surface area contributed by atoms with Gasteiger partial charge >= 0.3 is 0 Å². The zero-order valence-electron chi connectivity index (χ0n) is 8.41. The molecule has 0 aromatic heterocycles. The van der Waals surface area contributed by atoms with Crippen LogP contribution >= 0.6 is 11.6 Å². The summed E-state index contributed by atoms with van der Waals surface area (Å²) in [7, 11) is 0. The monoisotopic (exact) mass is 188 g/mol. The minimum Gasteiger partial charge on any atom is -0.130 e. The van der Waals surface area contributed by atoms with Gasteiger partial charge in [0.25, 0.3) is 0 Å². The Bertz CT molecular complexity index is 110. The van der Waals surface area contributed by atoms with Gasteiger partial charge in [-0.2, -0.15) is 0 Å². The van der Waals surface area contributed by atoms with Crippen LogP contribution in [0.5, 0.6) is 0 Å². The molecule has 1 rings (SSSR count). The van der Waals surface area contributed by atoms with Gasteiger partial charge in [0.1, 0.15) is 0 Å². The first kappa shape index (κ1) is 12.0. The molecule has 1 aliphatic carbocycles. The lowest BCUT2D eigenvalue weighted by Gasteiger charge is -2.12. The Morgan fingerprint density at radius 2 is 1.50 bits per heavy atom. The largest absolute Gasteiger partial charge is 0.130 e. The summed E-state index contributed by atoms with van der Waals surface area (Å²) in [5, 5.41) is 0. The van der Waals surface area contributed by atoms with Crippen molar-refractivity contribution < 1.29 is 0 Å². The van der Waals surface area contributed by atoms with E-state index in [0.717, 1.165) is 5.92 Å². The Kier molecular flexibility index (Phi) is 7.69. The SMILES string of the molecule is C=C(C)C1CCCCCC1.CCl. The van der Waals surface area contributed by atoms with Crippen molar-refractivity contribution in [3.8, 4) is 0 Å². The smallest absolute Gasteiger partial charge is 0.0108 e. The first-order valence-electron chi connectivity index (χ1n) is 4.84. The second-order valence-electron chi connectivity index (χ2n) is 3.53. The fourth-order valence-electron chi connectivity index (χ4n) is 1.77. The average Bonchev–Trinajstić information content (AvgIpc) is 2.35. The van der Waals surface area contributed by atoms with Crippen LogP contribution in [0, 0.1) is 5.92 Å². The number of halogens is 1. The van der Waals surface area contributed by atoms with E-state index in [0.29, 0.717) is 0 Å². The van der Waals surface area contributed by atoms with Crippen LogP contribution in [0.3, 0.4) is 0 Å². The Hall–Kier alpha value is 0.0300.